The highest BCUT2D eigenvalue weighted by Crippen LogP contribution is 2.35. The number of carboxylic acid groups (broad SMARTS) is 1. The number of methoxy groups -OCH3 is 1. The predicted octanol–water partition coefficient (Wildman–Crippen LogP) is 2.68. The van der Waals surface area contributed by atoms with E-state index in [2.05, 4.69) is 9.97 Å². The number of benzene rings is 1. The third-order valence-corrected chi connectivity index (χ3v) is 3.59. The fraction of sp³-hybridized carbons (Fsp3) is 0.235. The van der Waals surface area contributed by atoms with Crippen LogP contribution in [0.1, 0.15) is 34.2 Å². The molecule has 23 heavy (non-hydrogen) atoms. The number of carbonyl (C=O) groups is 1. The lowest BCUT2D eigenvalue weighted by atomic mass is 10.1. The van der Waals surface area contributed by atoms with Crippen molar-refractivity contribution < 1.29 is 19.4 Å². The van der Waals surface area contributed by atoms with Crippen LogP contribution in [0, 0.1) is 0 Å². The predicted molar refractivity (Wildman–Crippen MR) is 84.7 cm³/mol. The molecule has 3 rings (SSSR count). The number of aromatic nitrogens is 2. The minimum absolute atomic E-state index is 0.0438. The van der Waals surface area contributed by atoms with Crippen molar-refractivity contribution in [1.29, 1.82) is 0 Å². The molecule has 118 valence electrons. The molecule has 1 aromatic heterocycles. The maximum atomic E-state index is 10.9. The van der Waals surface area contributed by atoms with E-state index >= 15 is 0 Å². The van der Waals surface area contributed by atoms with E-state index in [0.717, 1.165) is 29.0 Å². The lowest BCUT2D eigenvalue weighted by molar-refractivity contribution is 0.0690. The summed E-state index contributed by atoms with van der Waals surface area (Å²) in [5.74, 6) is 0.511. The summed E-state index contributed by atoms with van der Waals surface area (Å²) in [5, 5.41) is 8.96. The molecule has 2 aromatic rings. The fourth-order valence-corrected chi connectivity index (χ4v) is 2.52. The van der Waals surface area contributed by atoms with Crippen LogP contribution in [-0.4, -0.2) is 34.3 Å². The van der Waals surface area contributed by atoms with Gasteiger partial charge in [0.05, 0.1) is 12.8 Å². The maximum Gasteiger partial charge on any atom is 0.354 e. The van der Waals surface area contributed by atoms with Gasteiger partial charge < -0.3 is 14.6 Å². The summed E-state index contributed by atoms with van der Waals surface area (Å²) in [7, 11) is 1.62. The second kappa shape index (κ2) is 6.08. The molecule has 1 aliphatic rings. The van der Waals surface area contributed by atoms with E-state index in [1.807, 2.05) is 25.1 Å². The van der Waals surface area contributed by atoms with Gasteiger partial charge in [-0.25, -0.2) is 14.8 Å². The van der Waals surface area contributed by atoms with Gasteiger partial charge in [0.25, 0.3) is 0 Å². The summed E-state index contributed by atoms with van der Waals surface area (Å²) < 4.78 is 11.2. The Morgan fingerprint density at radius 1 is 1.35 bits per heavy atom. The van der Waals surface area contributed by atoms with Crippen LogP contribution in [0.15, 0.2) is 24.5 Å². The summed E-state index contributed by atoms with van der Waals surface area (Å²) in [6.07, 6.45) is 5.79. The number of nitrogens with zero attached hydrogens (tertiary/aromatic N) is 2. The average molecular weight is 312 g/mol. The third-order valence-electron chi connectivity index (χ3n) is 3.59. The molecule has 0 saturated carbocycles. The van der Waals surface area contributed by atoms with Crippen LogP contribution < -0.4 is 9.47 Å². The maximum absolute atomic E-state index is 10.9. The quantitative estimate of drug-likeness (QED) is 0.934. The Kier molecular flexibility index (Phi) is 3.97. The Hall–Kier alpha value is -2.89. The lowest BCUT2D eigenvalue weighted by Gasteiger charge is -2.08. The molecule has 0 bridgehead atoms. The van der Waals surface area contributed by atoms with Gasteiger partial charge >= 0.3 is 5.97 Å². The SMILES string of the molecule is COc1cc2c(cc1/C=C/c1cc(C(=O)O)ncn1)OC(C)C2. The van der Waals surface area contributed by atoms with Gasteiger partial charge in [0, 0.05) is 17.5 Å². The molecule has 1 N–H and O–H groups in total. The minimum Gasteiger partial charge on any atom is -0.496 e. The summed E-state index contributed by atoms with van der Waals surface area (Å²) in [4.78, 5) is 18.7. The molecule has 0 saturated heterocycles. The highest BCUT2D eigenvalue weighted by molar-refractivity contribution is 5.86. The number of hydrogen-bond acceptors (Lipinski definition) is 5. The first-order valence-electron chi connectivity index (χ1n) is 7.18. The van der Waals surface area contributed by atoms with Gasteiger partial charge in [0.2, 0.25) is 0 Å². The molecular formula is C17H16N2O4. The van der Waals surface area contributed by atoms with E-state index in [-0.39, 0.29) is 11.8 Å². The second-order valence-corrected chi connectivity index (χ2v) is 5.30. The van der Waals surface area contributed by atoms with E-state index < -0.39 is 5.97 Å². The van der Waals surface area contributed by atoms with Gasteiger partial charge in [0.1, 0.15) is 23.9 Å². The average Bonchev–Trinajstić information content (AvgIpc) is 2.91. The third kappa shape index (κ3) is 3.15. The van der Waals surface area contributed by atoms with Gasteiger partial charge in [-0.15, -0.1) is 0 Å². The molecule has 0 amide bonds. The molecule has 1 aliphatic heterocycles. The molecule has 0 aliphatic carbocycles. The number of aromatic carboxylic acids is 1. The van der Waals surface area contributed by atoms with E-state index in [4.69, 9.17) is 14.6 Å². The monoisotopic (exact) mass is 312 g/mol. The standard InChI is InChI=1S/C17H16N2O4/c1-10-5-12-7-15(22-2)11(6-16(12)23-10)3-4-13-8-14(17(20)21)19-9-18-13/h3-4,6-10H,5H2,1-2H3,(H,20,21)/b4-3+. The molecular weight excluding hydrogens is 296 g/mol. The van der Waals surface area contributed by atoms with Crippen LogP contribution in [0.5, 0.6) is 11.5 Å². The summed E-state index contributed by atoms with van der Waals surface area (Å²) in [6.45, 7) is 2.02. The zero-order chi connectivity index (χ0) is 16.4. The van der Waals surface area contributed by atoms with Crippen LogP contribution in [0.25, 0.3) is 12.2 Å². The van der Waals surface area contributed by atoms with Crippen LogP contribution in [0.4, 0.5) is 0 Å². The molecule has 1 aromatic carbocycles. The number of rotatable bonds is 4. The van der Waals surface area contributed by atoms with Crippen molar-refractivity contribution in [3.8, 4) is 11.5 Å². The van der Waals surface area contributed by atoms with E-state index in [1.165, 1.54) is 12.4 Å². The zero-order valence-corrected chi connectivity index (χ0v) is 12.8. The van der Waals surface area contributed by atoms with Crippen molar-refractivity contribution in [1.82, 2.24) is 9.97 Å². The summed E-state index contributed by atoms with van der Waals surface area (Å²) in [5.41, 5.74) is 2.43. The van der Waals surface area contributed by atoms with Crippen LogP contribution in [-0.2, 0) is 6.42 Å². The zero-order valence-electron chi connectivity index (χ0n) is 12.8. The molecule has 6 heteroatoms. The minimum atomic E-state index is -1.08. The van der Waals surface area contributed by atoms with Crippen molar-refractivity contribution in [2.45, 2.75) is 19.4 Å². The first-order chi connectivity index (χ1) is 11.1. The Balaban J connectivity index is 1.92. The molecule has 0 radical (unpaired) electrons. The smallest absolute Gasteiger partial charge is 0.354 e. The van der Waals surface area contributed by atoms with Crippen molar-refractivity contribution in [3.63, 3.8) is 0 Å². The fourth-order valence-electron chi connectivity index (χ4n) is 2.52. The highest BCUT2D eigenvalue weighted by Gasteiger charge is 2.21. The number of ether oxygens (including phenoxy) is 2. The van der Waals surface area contributed by atoms with Crippen LogP contribution in [0.3, 0.4) is 0 Å². The van der Waals surface area contributed by atoms with Gasteiger partial charge in [-0.1, -0.05) is 0 Å². The van der Waals surface area contributed by atoms with Crippen molar-refractivity contribution in [3.05, 3.63) is 47.0 Å². The molecule has 0 spiro atoms. The normalized spacial score (nSPS) is 16.2. The summed E-state index contributed by atoms with van der Waals surface area (Å²) >= 11 is 0. The number of hydrogen-bond donors (Lipinski definition) is 1. The van der Waals surface area contributed by atoms with Crippen LogP contribution >= 0.6 is 0 Å². The molecule has 1 atom stereocenters. The highest BCUT2D eigenvalue weighted by atomic mass is 16.5. The van der Waals surface area contributed by atoms with Gasteiger partial charge in [-0.3, -0.25) is 0 Å². The first-order valence-corrected chi connectivity index (χ1v) is 7.18. The topological polar surface area (TPSA) is 81.5 Å². The summed E-state index contributed by atoms with van der Waals surface area (Å²) in [6, 6.07) is 5.31. The molecule has 2 heterocycles. The van der Waals surface area contributed by atoms with Gasteiger partial charge in [-0.05, 0) is 37.3 Å². The number of fused-ring (bicyclic) bond motifs is 1. The Morgan fingerprint density at radius 3 is 2.91 bits per heavy atom. The Labute approximate surface area is 133 Å². The lowest BCUT2D eigenvalue weighted by Crippen LogP contribution is -2.05. The Morgan fingerprint density at radius 2 is 2.17 bits per heavy atom. The largest absolute Gasteiger partial charge is 0.496 e. The molecule has 6 nitrogen and oxygen atoms in total. The van der Waals surface area contributed by atoms with Crippen molar-refractivity contribution in [2.24, 2.45) is 0 Å². The van der Waals surface area contributed by atoms with Gasteiger partial charge in [-0.2, -0.15) is 0 Å². The molecule has 0 fully saturated rings. The molecule has 1 unspecified atom stereocenters. The van der Waals surface area contributed by atoms with E-state index in [0.29, 0.717) is 5.69 Å². The van der Waals surface area contributed by atoms with E-state index in [9.17, 15) is 4.79 Å². The first kappa shape index (κ1) is 15.0. The Bertz CT molecular complexity index is 786. The van der Waals surface area contributed by atoms with Gasteiger partial charge in [0.15, 0.2) is 5.69 Å². The van der Waals surface area contributed by atoms with Crippen molar-refractivity contribution in [2.75, 3.05) is 7.11 Å². The number of carboxylic acids is 1. The van der Waals surface area contributed by atoms with Crippen LogP contribution in [0.2, 0.25) is 0 Å². The van der Waals surface area contributed by atoms with Crippen molar-refractivity contribution >= 4 is 18.1 Å². The van der Waals surface area contributed by atoms with E-state index in [1.54, 1.807) is 13.2 Å². The second-order valence-electron chi connectivity index (χ2n) is 5.30.